The van der Waals surface area contributed by atoms with Crippen molar-refractivity contribution in [1.82, 2.24) is 15.0 Å². The van der Waals surface area contributed by atoms with Crippen LogP contribution in [0.5, 0.6) is 0 Å². The Bertz CT molecular complexity index is 3480. The van der Waals surface area contributed by atoms with Crippen molar-refractivity contribution in [2.45, 2.75) is 38.5 Å². The summed E-state index contributed by atoms with van der Waals surface area (Å²) in [5.74, 6) is 0. The van der Waals surface area contributed by atoms with E-state index in [9.17, 15) is 0 Å². The number of pyridine rings is 3. The molecule has 0 bridgehead atoms. The Morgan fingerprint density at radius 2 is 1.08 bits per heavy atom. The van der Waals surface area contributed by atoms with Crippen molar-refractivity contribution in [2.24, 2.45) is 0 Å². The summed E-state index contributed by atoms with van der Waals surface area (Å²) in [6.45, 7) is 9.27. The van der Waals surface area contributed by atoms with Gasteiger partial charge in [-0.15, -0.1) is 107 Å². The third kappa shape index (κ3) is 14.1. The first-order chi connectivity index (χ1) is 34.1. The fraction of sp³-hybridized carbons (Fsp3) is 0.0952. The normalized spacial score (nSPS) is 11.8. The van der Waals surface area contributed by atoms with Crippen molar-refractivity contribution < 1.29 is 94.5 Å². The Morgan fingerprint density at radius 3 is 1.73 bits per heavy atom. The number of thiophene rings is 1. The third-order valence-electron chi connectivity index (χ3n) is 13.4. The zero-order valence-electron chi connectivity index (χ0n) is 42.1. The van der Waals surface area contributed by atoms with Gasteiger partial charge in [0.05, 0.1) is 0 Å². The Kier molecular flexibility index (Phi) is 26.1. The summed E-state index contributed by atoms with van der Waals surface area (Å²) in [4.78, 5) is 14.8. The van der Waals surface area contributed by atoms with Gasteiger partial charge in [0.1, 0.15) is 0 Å². The number of fused-ring (bicyclic) bond motifs is 8. The summed E-state index contributed by atoms with van der Waals surface area (Å²) in [5, 5.41) is 3.56. The number of hydrogen-bond acceptors (Lipinski definition) is 4. The van der Waals surface area contributed by atoms with Crippen molar-refractivity contribution in [2.75, 3.05) is 0 Å². The molecular weight excluding hydrogens is 1750 g/mol. The summed E-state index contributed by atoms with van der Waals surface area (Å²) >= 11 is 1.73. The number of benzene rings is 7. The molecule has 0 saturated heterocycles. The van der Waals surface area contributed by atoms with E-state index in [1.54, 1.807) is 11.3 Å². The van der Waals surface area contributed by atoms with E-state index in [4.69, 9.17) is 4.98 Å². The maximum Gasteiger partial charge on any atom is 0.0239 e. The van der Waals surface area contributed by atoms with Gasteiger partial charge < -0.3 is 15.0 Å². The van der Waals surface area contributed by atoms with Crippen LogP contribution < -0.4 is 0 Å². The predicted octanol–water partition coefficient (Wildman–Crippen LogP) is 18.0. The van der Waals surface area contributed by atoms with Crippen molar-refractivity contribution in [3.8, 4) is 66.5 Å². The number of hydrogen-bond donors (Lipinski definition) is 0. The van der Waals surface area contributed by atoms with Gasteiger partial charge in [0, 0.05) is 110 Å². The average Bonchev–Trinajstić information content (AvgIpc) is 4.04. The molecule has 13 rings (SSSR count). The molecule has 2 unspecified atom stereocenters. The minimum Gasteiger partial charge on any atom is -0.304 e. The first kappa shape index (κ1) is 67.2. The molecule has 4 radical (unpaired) electrons. The SMILES string of the molecule is CC1(C)c2ccccc2-c2c[c-]c(-c3ccc(-c4ccc5c(c4)C(C)(C)c4ccccc4-5)cn3)cc21.F.F.F.PPP.[Ir].[Ir].[Ir].[Ir].[c-]1c(-c2ccccn2)sc2ccccc12.[c-]1ccccc1-c1nccc2ccccc12. The van der Waals surface area contributed by atoms with Gasteiger partial charge in [-0.05, 0) is 94.3 Å². The molecule has 2 aliphatic rings. The standard InChI is InChI=1S/C35H28N.C15H10N.C13H8NS.3FH.4Ir.H5P3/c1-34(2)29-11-7-5-9-25(29)27-16-13-22(19-31(27)34)24-15-18-33(36-21-24)23-14-17-28-26-10-6-8-12-30(26)35(3,4)32(28)20-23;1-2-7-13(8-3-1)15-14-9-5-4-6-12(14)10-11-16-15;1-2-7-12-10(5-1)9-13(15-12)11-6-3-4-8-14-11;;;;;;;;1-3-2/h5-13,15-21H,1-4H3;1-7,9-11H;1-8H;3*1H;;;;;3H,1-2H2/q3*-1;;;;;;;;. The van der Waals surface area contributed by atoms with Gasteiger partial charge in [0.25, 0.3) is 0 Å². The van der Waals surface area contributed by atoms with Crippen LogP contribution in [-0.4, -0.2) is 15.0 Å². The van der Waals surface area contributed by atoms with Crippen molar-refractivity contribution >= 4 is 58.0 Å². The average molecular weight is 1800 g/mol. The second kappa shape index (κ2) is 29.9. The molecule has 4 heterocycles. The second-order valence-electron chi connectivity index (χ2n) is 18.3. The van der Waals surface area contributed by atoms with Crippen LogP contribution in [0.25, 0.3) is 87.3 Å². The van der Waals surface area contributed by atoms with Crippen molar-refractivity contribution in [3.05, 3.63) is 247 Å². The molecule has 0 amide bonds. The fourth-order valence-electron chi connectivity index (χ4n) is 9.80. The fourth-order valence-corrected chi connectivity index (χ4v) is 10.8. The molecule has 2 atom stereocenters. The van der Waals surface area contributed by atoms with Crippen LogP contribution >= 0.6 is 37.2 Å². The predicted molar refractivity (Wildman–Crippen MR) is 314 cm³/mol. The van der Waals surface area contributed by atoms with E-state index in [1.165, 1.54) is 70.9 Å². The Labute approximate surface area is 514 Å². The molecule has 0 saturated carbocycles. The van der Waals surface area contributed by atoms with Gasteiger partial charge in [-0.2, -0.15) is 0 Å². The zero-order chi connectivity index (χ0) is 48.2. The number of rotatable bonds is 4. The molecule has 77 heavy (non-hydrogen) atoms. The van der Waals surface area contributed by atoms with Gasteiger partial charge in [-0.25, -0.2) is 11.3 Å². The zero-order valence-corrected chi connectivity index (χ0v) is 55.8. The van der Waals surface area contributed by atoms with E-state index < -0.39 is 0 Å². The topological polar surface area (TPSA) is 38.7 Å². The molecule has 3 nitrogen and oxygen atoms in total. The summed E-state index contributed by atoms with van der Waals surface area (Å²) in [6.07, 6.45) is 5.67. The molecule has 14 heteroatoms. The summed E-state index contributed by atoms with van der Waals surface area (Å²) in [7, 11) is 6.06. The van der Waals surface area contributed by atoms with E-state index in [2.05, 4.69) is 195 Å². The number of nitrogens with zero attached hydrogens (tertiary/aromatic N) is 3. The molecule has 7 aromatic carbocycles. The molecule has 4 aromatic heterocycles. The maximum absolute atomic E-state index is 4.89. The van der Waals surface area contributed by atoms with Crippen LogP contribution in [0.2, 0.25) is 0 Å². The number of halogens is 3. The molecule has 402 valence electrons. The van der Waals surface area contributed by atoms with Gasteiger partial charge in [-0.3, -0.25) is 14.1 Å². The summed E-state index contributed by atoms with van der Waals surface area (Å²) < 4.78 is 1.26. The Balaban J connectivity index is 0.000000320. The molecular formula is C63H54F3Ir4N3P3S-3. The van der Waals surface area contributed by atoms with Gasteiger partial charge in [-0.1, -0.05) is 168 Å². The number of aromatic nitrogens is 3. The van der Waals surface area contributed by atoms with Crippen LogP contribution in [-0.2, 0) is 91.3 Å². The molecule has 0 spiro atoms. The molecule has 11 aromatic rings. The van der Waals surface area contributed by atoms with Crippen LogP contribution in [0.1, 0.15) is 49.9 Å². The second-order valence-corrected chi connectivity index (χ2v) is 23.7. The molecule has 0 fully saturated rings. The molecule has 2 aliphatic carbocycles. The van der Waals surface area contributed by atoms with E-state index in [0.29, 0.717) is 0 Å². The van der Waals surface area contributed by atoms with Gasteiger partial charge >= 0.3 is 0 Å². The van der Waals surface area contributed by atoms with E-state index in [-0.39, 0.29) is 105 Å². The quantitative estimate of drug-likeness (QED) is 0.130. The maximum atomic E-state index is 4.89. The first-order valence-corrected chi connectivity index (χ1v) is 28.8. The van der Waals surface area contributed by atoms with Crippen LogP contribution in [0, 0.1) is 18.2 Å². The summed E-state index contributed by atoms with van der Waals surface area (Å²) in [6, 6.07) is 75.7. The molecule has 0 aliphatic heterocycles. The van der Waals surface area contributed by atoms with E-state index >= 15 is 0 Å². The first-order valence-electron chi connectivity index (χ1n) is 23.3. The minimum absolute atomic E-state index is 0. The van der Waals surface area contributed by atoms with Gasteiger partial charge in [0.15, 0.2) is 0 Å². The minimum atomic E-state index is -0.0233. The van der Waals surface area contributed by atoms with E-state index in [1.807, 2.05) is 85.3 Å². The smallest absolute Gasteiger partial charge is 0.0239 e. The Hall–Kier alpha value is -4.11. The largest absolute Gasteiger partial charge is 0.304 e. The third-order valence-corrected chi connectivity index (χ3v) is 14.4. The van der Waals surface area contributed by atoms with Crippen molar-refractivity contribution in [1.29, 1.82) is 0 Å². The van der Waals surface area contributed by atoms with E-state index in [0.717, 1.165) is 46.6 Å². The van der Waals surface area contributed by atoms with Crippen LogP contribution in [0.15, 0.2) is 207 Å². The van der Waals surface area contributed by atoms with Gasteiger partial charge in [0.2, 0.25) is 0 Å². The summed E-state index contributed by atoms with van der Waals surface area (Å²) in [5.41, 5.74) is 18.2. The Morgan fingerprint density at radius 1 is 0.481 bits per heavy atom. The van der Waals surface area contributed by atoms with Crippen LogP contribution in [0.4, 0.5) is 14.1 Å². The molecule has 0 N–H and O–H groups in total. The monoisotopic (exact) mass is 1810 g/mol. The van der Waals surface area contributed by atoms with Crippen molar-refractivity contribution in [3.63, 3.8) is 0 Å². The van der Waals surface area contributed by atoms with Crippen LogP contribution in [0.3, 0.4) is 0 Å².